The van der Waals surface area contributed by atoms with E-state index in [2.05, 4.69) is 84.3 Å². The Hall–Kier alpha value is -2.91. The second-order valence-corrected chi connectivity index (χ2v) is 6.82. The molecular formula is C23H20N2S. The molecule has 0 fully saturated rings. The maximum Gasteiger partial charge on any atom is 0.171 e. The van der Waals surface area contributed by atoms with Gasteiger partial charge in [0.1, 0.15) is 0 Å². The fraction of sp³-hybridized carbons (Fsp3) is 0.0870. The molecule has 0 radical (unpaired) electrons. The molecule has 1 atom stereocenters. The SMILES string of the molecule is C[C@H](NC(=S)Nc1cccc2ccccc12)c1cccc2ccccc12. The highest BCUT2D eigenvalue weighted by Gasteiger charge is 2.11. The molecule has 0 heterocycles. The molecule has 2 N–H and O–H groups in total. The average Bonchev–Trinajstić information content (AvgIpc) is 2.67. The van der Waals surface area contributed by atoms with Crippen molar-refractivity contribution in [2.45, 2.75) is 13.0 Å². The summed E-state index contributed by atoms with van der Waals surface area (Å²) in [6, 6.07) is 29.4. The van der Waals surface area contributed by atoms with Crippen LogP contribution in [0.5, 0.6) is 0 Å². The van der Waals surface area contributed by atoms with Crippen LogP contribution in [0.4, 0.5) is 5.69 Å². The van der Waals surface area contributed by atoms with Crippen molar-refractivity contribution in [1.82, 2.24) is 5.32 Å². The molecule has 0 aliphatic carbocycles. The summed E-state index contributed by atoms with van der Waals surface area (Å²) in [4.78, 5) is 0. The Balaban J connectivity index is 1.56. The van der Waals surface area contributed by atoms with E-state index >= 15 is 0 Å². The minimum atomic E-state index is 0.107. The molecule has 4 aromatic rings. The van der Waals surface area contributed by atoms with Gasteiger partial charge in [-0.3, -0.25) is 0 Å². The van der Waals surface area contributed by atoms with Crippen molar-refractivity contribution in [1.29, 1.82) is 0 Å². The van der Waals surface area contributed by atoms with Crippen LogP contribution in [0, 0.1) is 0 Å². The standard InChI is InChI=1S/C23H20N2S/c1-16(19-14-6-10-17-8-2-4-12-20(17)19)24-23(26)25-22-15-7-11-18-9-3-5-13-21(18)22/h2-16H,1H3,(H2,24,25,26)/t16-/m0/s1. The van der Waals surface area contributed by atoms with Crippen LogP contribution in [-0.4, -0.2) is 5.11 Å². The minimum absolute atomic E-state index is 0.107. The molecule has 0 saturated carbocycles. The quantitative estimate of drug-likeness (QED) is 0.438. The summed E-state index contributed by atoms with van der Waals surface area (Å²) in [5.41, 5.74) is 2.26. The number of thiocarbonyl (C=S) groups is 1. The molecule has 0 unspecified atom stereocenters. The van der Waals surface area contributed by atoms with Crippen LogP contribution in [0.15, 0.2) is 84.9 Å². The monoisotopic (exact) mass is 356 g/mol. The van der Waals surface area contributed by atoms with Crippen LogP contribution in [0.1, 0.15) is 18.5 Å². The first kappa shape index (κ1) is 16.6. The fourth-order valence-corrected chi connectivity index (χ4v) is 3.68. The van der Waals surface area contributed by atoms with Gasteiger partial charge in [0.2, 0.25) is 0 Å². The first-order valence-corrected chi connectivity index (χ1v) is 9.16. The lowest BCUT2D eigenvalue weighted by Crippen LogP contribution is -2.31. The zero-order valence-electron chi connectivity index (χ0n) is 14.6. The third-order valence-corrected chi connectivity index (χ3v) is 4.90. The van der Waals surface area contributed by atoms with Crippen molar-refractivity contribution in [2.75, 3.05) is 5.32 Å². The second-order valence-electron chi connectivity index (χ2n) is 6.42. The van der Waals surface area contributed by atoms with Gasteiger partial charge in [0.05, 0.1) is 6.04 Å². The smallest absolute Gasteiger partial charge is 0.171 e. The van der Waals surface area contributed by atoms with Crippen molar-refractivity contribution in [3.05, 3.63) is 90.5 Å². The molecule has 2 nitrogen and oxygen atoms in total. The molecule has 3 heteroatoms. The zero-order valence-corrected chi connectivity index (χ0v) is 15.4. The molecule has 0 bridgehead atoms. The summed E-state index contributed by atoms with van der Waals surface area (Å²) >= 11 is 5.58. The number of benzene rings is 4. The fourth-order valence-electron chi connectivity index (χ4n) is 3.40. The summed E-state index contributed by atoms with van der Waals surface area (Å²) in [7, 11) is 0. The number of hydrogen-bond donors (Lipinski definition) is 2. The molecule has 0 spiro atoms. The average molecular weight is 356 g/mol. The lowest BCUT2D eigenvalue weighted by Gasteiger charge is -2.19. The van der Waals surface area contributed by atoms with Gasteiger partial charge in [0.15, 0.2) is 5.11 Å². The van der Waals surface area contributed by atoms with Crippen molar-refractivity contribution in [3.8, 4) is 0 Å². The highest BCUT2D eigenvalue weighted by atomic mass is 32.1. The summed E-state index contributed by atoms with van der Waals surface area (Å²) in [5.74, 6) is 0. The molecule has 4 rings (SSSR count). The van der Waals surface area contributed by atoms with E-state index in [1.165, 1.54) is 21.7 Å². The highest BCUT2D eigenvalue weighted by Crippen LogP contribution is 2.25. The van der Waals surface area contributed by atoms with Crippen LogP contribution in [0.3, 0.4) is 0 Å². The minimum Gasteiger partial charge on any atom is -0.356 e. The maximum atomic E-state index is 5.58. The molecule has 26 heavy (non-hydrogen) atoms. The van der Waals surface area contributed by atoms with Crippen LogP contribution >= 0.6 is 12.2 Å². The van der Waals surface area contributed by atoms with E-state index in [1.54, 1.807) is 0 Å². The molecule has 0 aliphatic rings. The lowest BCUT2D eigenvalue weighted by atomic mass is 10.00. The molecule has 128 valence electrons. The number of anilines is 1. The van der Waals surface area contributed by atoms with E-state index in [-0.39, 0.29) is 6.04 Å². The maximum absolute atomic E-state index is 5.58. The van der Waals surface area contributed by atoms with Gasteiger partial charge in [-0.05, 0) is 46.9 Å². The van der Waals surface area contributed by atoms with Gasteiger partial charge < -0.3 is 10.6 Å². The van der Waals surface area contributed by atoms with Crippen LogP contribution in [-0.2, 0) is 0 Å². The molecular weight excluding hydrogens is 336 g/mol. The Labute approximate surface area is 158 Å². The van der Waals surface area contributed by atoms with E-state index in [0.717, 1.165) is 11.1 Å². The highest BCUT2D eigenvalue weighted by molar-refractivity contribution is 7.80. The van der Waals surface area contributed by atoms with Crippen molar-refractivity contribution in [2.24, 2.45) is 0 Å². The Morgan fingerprint density at radius 3 is 2.08 bits per heavy atom. The third-order valence-electron chi connectivity index (χ3n) is 4.68. The summed E-state index contributed by atoms with van der Waals surface area (Å²) < 4.78 is 0. The van der Waals surface area contributed by atoms with Gasteiger partial charge in [-0.1, -0.05) is 78.9 Å². The first-order valence-electron chi connectivity index (χ1n) is 8.75. The van der Waals surface area contributed by atoms with Gasteiger partial charge in [0.25, 0.3) is 0 Å². The Kier molecular flexibility index (Phi) is 4.55. The van der Waals surface area contributed by atoms with Crippen molar-refractivity contribution < 1.29 is 0 Å². The molecule has 0 saturated heterocycles. The van der Waals surface area contributed by atoms with E-state index in [9.17, 15) is 0 Å². The topological polar surface area (TPSA) is 24.1 Å². The summed E-state index contributed by atoms with van der Waals surface area (Å²) in [6.07, 6.45) is 0. The molecule has 0 amide bonds. The third kappa shape index (κ3) is 3.26. The van der Waals surface area contributed by atoms with Gasteiger partial charge in [-0.15, -0.1) is 0 Å². The molecule has 0 aromatic heterocycles. The predicted octanol–water partition coefficient (Wildman–Crippen LogP) is 6.04. The van der Waals surface area contributed by atoms with E-state index in [0.29, 0.717) is 5.11 Å². The Morgan fingerprint density at radius 2 is 1.31 bits per heavy atom. The lowest BCUT2D eigenvalue weighted by molar-refractivity contribution is 0.729. The zero-order chi connectivity index (χ0) is 17.9. The van der Waals surface area contributed by atoms with Gasteiger partial charge in [0, 0.05) is 11.1 Å². The Morgan fingerprint density at radius 1 is 0.731 bits per heavy atom. The first-order chi connectivity index (χ1) is 12.7. The number of fused-ring (bicyclic) bond motifs is 2. The van der Waals surface area contributed by atoms with E-state index in [4.69, 9.17) is 12.2 Å². The molecule has 4 aromatic carbocycles. The number of nitrogens with one attached hydrogen (secondary N) is 2. The van der Waals surface area contributed by atoms with E-state index in [1.807, 2.05) is 18.2 Å². The van der Waals surface area contributed by atoms with Crippen LogP contribution in [0.25, 0.3) is 21.5 Å². The van der Waals surface area contributed by atoms with Crippen LogP contribution < -0.4 is 10.6 Å². The van der Waals surface area contributed by atoms with Gasteiger partial charge in [-0.25, -0.2) is 0 Å². The van der Waals surface area contributed by atoms with Gasteiger partial charge >= 0.3 is 0 Å². The van der Waals surface area contributed by atoms with Crippen LogP contribution in [0.2, 0.25) is 0 Å². The molecule has 0 aliphatic heterocycles. The van der Waals surface area contributed by atoms with Gasteiger partial charge in [-0.2, -0.15) is 0 Å². The predicted molar refractivity (Wildman–Crippen MR) is 116 cm³/mol. The summed E-state index contributed by atoms with van der Waals surface area (Å²) in [6.45, 7) is 2.14. The summed E-state index contributed by atoms with van der Waals surface area (Å²) in [5, 5.41) is 12.3. The second kappa shape index (κ2) is 7.14. The van der Waals surface area contributed by atoms with Crippen molar-refractivity contribution in [3.63, 3.8) is 0 Å². The number of rotatable bonds is 3. The van der Waals surface area contributed by atoms with E-state index < -0.39 is 0 Å². The Bertz CT molecular complexity index is 1080. The van der Waals surface area contributed by atoms with Crippen molar-refractivity contribution >= 4 is 44.6 Å². The largest absolute Gasteiger partial charge is 0.356 e. The normalized spacial score (nSPS) is 12.0. The number of hydrogen-bond acceptors (Lipinski definition) is 1.